The number of methoxy groups -OCH3 is 1. The summed E-state index contributed by atoms with van der Waals surface area (Å²) in [5, 5.41) is 0. The van der Waals surface area contributed by atoms with Gasteiger partial charge in [-0.3, -0.25) is 0 Å². The van der Waals surface area contributed by atoms with Gasteiger partial charge in [-0.15, -0.1) is 0 Å². The maximum atomic E-state index is 13.0. The van der Waals surface area contributed by atoms with Crippen LogP contribution in [0, 0.1) is 0 Å². The van der Waals surface area contributed by atoms with Crippen LogP contribution >= 0.6 is 15.9 Å². The van der Waals surface area contributed by atoms with Crippen molar-refractivity contribution in [1.29, 1.82) is 0 Å². The molecular weight excluding hydrogens is 556 g/mol. The van der Waals surface area contributed by atoms with E-state index in [1.165, 1.54) is 36.4 Å². The van der Waals surface area contributed by atoms with Gasteiger partial charge >= 0.3 is 23.9 Å². The minimum Gasteiger partial charge on any atom is -0.465 e. The summed E-state index contributed by atoms with van der Waals surface area (Å²) in [5.74, 6) is -4.37. The number of benzene rings is 4. The maximum Gasteiger partial charge on any atom is 0.343 e. The molecule has 0 aliphatic carbocycles. The zero-order chi connectivity index (χ0) is 27.1. The van der Waals surface area contributed by atoms with Crippen LogP contribution in [0.15, 0.2) is 102 Å². The Hall–Kier alpha value is -4.76. The molecule has 0 unspecified atom stereocenters. The predicted octanol–water partition coefficient (Wildman–Crippen LogP) is 5.89. The molecule has 0 heterocycles. The number of hydrogen-bond donors (Lipinski definition) is 0. The molecular formula is C29H19BrO8. The van der Waals surface area contributed by atoms with Gasteiger partial charge in [0.25, 0.3) is 0 Å². The van der Waals surface area contributed by atoms with Gasteiger partial charge in [0, 0.05) is 6.07 Å². The molecule has 8 nitrogen and oxygen atoms in total. The monoisotopic (exact) mass is 574 g/mol. The Bertz CT molecular complexity index is 1490. The third kappa shape index (κ3) is 5.96. The van der Waals surface area contributed by atoms with E-state index in [9.17, 15) is 19.2 Å². The molecule has 190 valence electrons. The Morgan fingerprint density at radius 1 is 0.553 bits per heavy atom. The molecule has 9 heteroatoms. The number of carbonyl (C=O) groups is 4. The van der Waals surface area contributed by atoms with Crippen molar-refractivity contribution in [3.8, 4) is 17.2 Å². The summed E-state index contributed by atoms with van der Waals surface area (Å²) in [7, 11) is 1.16. The van der Waals surface area contributed by atoms with E-state index >= 15 is 0 Å². The molecule has 0 fully saturated rings. The minimum absolute atomic E-state index is 0.0518. The highest BCUT2D eigenvalue weighted by Crippen LogP contribution is 2.46. The molecule has 4 aromatic rings. The van der Waals surface area contributed by atoms with Crippen molar-refractivity contribution in [1.82, 2.24) is 0 Å². The van der Waals surface area contributed by atoms with Gasteiger partial charge in [0.15, 0.2) is 11.5 Å². The quantitative estimate of drug-likeness (QED) is 0.198. The third-order valence-corrected chi connectivity index (χ3v) is 5.95. The molecule has 0 aliphatic heterocycles. The molecule has 0 spiro atoms. The van der Waals surface area contributed by atoms with Crippen LogP contribution in [0.4, 0.5) is 0 Å². The Morgan fingerprint density at radius 2 is 0.947 bits per heavy atom. The molecule has 0 radical (unpaired) electrons. The van der Waals surface area contributed by atoms with Crippen LogP contribution in [0.5, 0.6) is 17.2 Å². The minimum atomic E-state index is -0.827. The highest BCUT2D eigenvalue weighted by Gasteiger charge is 2.30. The summed E-state index contributed by atoms with van der Waals surface area (Å²) in [6.07, 6.45) is 0. The van der Waals surface area contributed by atoms with Gasteiger partial charge in [-0.2, -0.15) is 0 Å². The van der Waals surface area contributed by atoms with Gasteiger partial charge in [-0.1, -0.05) is 54.6 Å². The van der Waals surface area contributed by atoms with Crippen LogP contribution < -0.4 is 14.2 Å². The zero-order valence-corrected chi connectivity index (χ0v) is 21.5. The van der Waals surface area contributed by atoms with Gasteiger partial charge in [-0.05, 0) is 52.3 Å². The fourth-order valence-corrected chi connectivity index (χ4v) is 3.84. The third-order valence-electron chi connectivity index (χ3n) is 5.17. The molecule has 0 saturated carbocycles. The summed E-state index contributed by atoms with van der Waals surface area (Å²) in [6.45, 7) is 0. The van der Waals surface area contributed by atoms with E-state index < -0.39 is 29.6 Å². The Labute approximate surface area is 225 Å². The summed E-state index contributed by atoms with van der Waals surface area (Å²) in [4.78, 5) is 51.5. The van der Waals surface area contributed by atoms with Crippen LogP contribution in [-0.4, -0.2) is 31.0 Å². The van der Waals surface area contributed by atoms with Gasteiger partial charge < -0.3 is 18.9 Å². The molecule has 0 bridgehead atoms. The lowest BCUT2D eigenvalue weighted by atomic mass is 10.1. The second-order valence-electron chi connectivity index (χ2n) is 7.65. The number of rotatable bonds is 7. The lowest BCUT2D eigenvalue weighted by Gasteiger charge is -2.18. The average Bonchev–Trinajstić information content (AvgIpc) is 2.96. The number of halogens is 1. The topological polar surface area (TPSA) is 105 Å². The highest BCUT2D eigenvalue weighted by molar-refractivity contribution is 9.10. The van der Waals surface area contributed by atoms with Crippen LogP contribution in [0.2, 0.25) is 0 Å². The van der Waals surface area contributed by atoms with E-state index in [1.807, 2.05) is 0 Å². The zero-order valence-electron chi connectivity index (χ0n) is 19.9. The highest BCUT2D eigenvalue weighted by atomic mass is 79.9. The number of hydrogen-bond acceptors (Lipinski definition) is 8. The number of carbonyl (C=O) groups excluding carboxylic acids is 4. The number of ether oxygens (including phenoxy) is 4. The van der Waals surface area contributed by atoms with Gasteiger partial charge in [0.1, 0.15) is 0 Å². The first-order valence-electron chi connectivity index (χ1n) is 11.2. The normalized spacial score (nSPS) is 10.3. The van der Waals surface area contributed by atoms with Crippen molar-refractivity contribution in [2.24, 2.45) is 0 Å². The van der Waals surface area contributed by atoms with Crippen molar-refractivity contribution < 1.29 is 38.1 Å². The van der Waals surface area contributed by atoms with Crippen LogP contribution in [0.1, 0.15) is 41.4 Å². The van der Waals surface area contributed by atoms with Crippen molar-refractivity contribution in [2.75, 3.05) is 7.11 Å². The summed E-state index contributed by atoms with van der Waals surface area (Å²) in [6, 6.07) is 25.3. The Kier molecular flexibility index (Phi) is 8.30. The Morgan fingerprint density at radius 3 is 1.37 bits per heavy atom. The van der Waals surface area contributed by atoms with Crippen LogP contribution in [-0.2, 0) is 4.74 Å². The molecule has 0 aliphatic rings. The second kappa shape index (κ2) is 12.0. The van der Waals surface area contributed by atoms with E-state index in [0.717, 1.165) is 13.2 Å². The van der Waals surface area contributed by atoms with Gasteiger partial charge in [0.2, 0.25) is 5.75 Å². The first-order valence-corrected chi connectivity index (χ1v) is 11.9. The summed E-state index contributed by atoms with van der Waals surface area (Å²) >= 11 is 3.26. The van der Waals surface area contributed by atoms with Gasteiger partial charge in [-0.25, -0.2) is 19.2 Å². The van der Waals surface area contributed by atoms with Gasteiger partial charge in [0.05, 0.1) is 33.8 Å². The van der Waals surface area contributed by atoms with E-state index in [0.29, 0.717) is 0 Å². The fraction of sp³-hybridized carbons (Fsp3) is 0.0345. The van der Waals surface area contributed by atoms with E-state index in [-0.39, 0.29) is 38.2 Å². The smallest absolute Gasteiger partial charge is 0.343 e. The van der Waals surface area contributed by atoms with Crippen molar-refractivity contribution in [3.63, 3.8) is 0 Å². The molecule has 0 atom stereocenters. The summed E-state index contributed by atoms with van der Waals surface area (Å²) < 4.78 is 21.5. The van der Waals surface area contributed by atoms with E-state index in [4.69, 9.17) is 18.9 Å². The van der Waals surface area contributed by atoms with Crippen molar-refractivity contribution in [3.05, 3.63) is 124 Å². The lowest BCUT2D eigenvalue weighted by Crippen LogP contribution is -2.17. The second-order valence-corrected chi connectivity index (χ2v) is 8.45. The van der Waals surface area contributed by atoms with E-state index in [2.05, 4.69) is 15.9 Å². The van der Waals surface area contributed by atoms with Crippen molar-refractivity contribution in [2.45, 2.75) is 0 Å². The van der Waals surface area contributed by atoms with E-state index in [1.54, 1.807) is 54.6 Å². The first-order chi connectivity index (χ1) is 18.4. The molecule has 0 aromatic heterocycles. The van der Waals surface area contributed by atoms with Crippen LogP contribution in [0.3, 0.4) is 0 Å². The van der Waals surface area contributed by atoms with Crippen LogP contribution in [0.25, 0.3) is 0 Å². The Balaban J connectivity index is 1.86. The predicted molar refractivity (Wildman–Crippen MR) is 140 cm³/mol. The average molecular weight is 575 g/mol. The summed E-state index contributed by atoms with van der Waals surface area (Å²) in [5.41, 5.74) is 0.421. The molecule has 4 rings (SSSR count). The number of esters is 4. The lowest BCUT2D eigenvalue weighted by molar-refractivity contribution is 0.0590. The molecule has 0 amide bonds. The largest absolute Gasteiger partial charge is 0.465 e. The molecule has 38 heavy (non-hydrogen) atoms. The first kappa shape index (κ1) is 26.3. The van der Waals surface area contributed by atoms with Crippen molar-refractivity contribution >= 4 is 39.8 Å². The standard InChI is InChI=1S/C29H19BrO8/c1-35-29(34)21-17-22(36-26(31)18-11-5-2-6-12-18)24(37-27(32)19-13-7-3-8-14-19)25(23(21)30)38-28(33)20-15-9-4-10-16-20/h2-17H,1H3. The SMILES string of the molecule is COC(=O)c1cc(OC(=O)c2ccccc2)c(OC(=O)c2ccccc2)c(OC(=O)c2ccccc2)c1Br. The maximum absolute atomic E-state index is 13.0. The molecule has 0 saturated heterocycles. The molecule has 4 aromatic carbocycles. The molecule has 0 N–H and O–H groups in total. The fourth-order valence-electron chi connectivity index (χ4n) is 3.30.